The van der Waals surface area contributed by atoms with Crippen LogP contribution in [0.3, 0.4) is 0 Å². The summed E-state index contributed by atoms with van der Waals surface area (Å²) in [6.07, 6.45) is 2.84. The summed E-state index contributed by atoms with van der Waals surface area (Å²) in [5.41, 5.74) is 0.999. The molecule has 2 rings (SSSR count). The van der Waals surface area contributed by atoms with Crippen LogP contribution in [0, 0.1) is 0 Å². The molecule has 1 aromatic rings. The summed E-state index contributed by atoms with van der Waals surface area (Å²) in [4.78, 5) is 14.1. The molecule has 1 aliphatic rings. The lowest BCUT2D eigenvalue weighted by molar-refractivity contribution is -0.132. The molecule has 1 amide bonds. The topological polar surface area (TPSA) is 32.3 Å². The van der Waals surface area contributed by atoms with Gasteiger partial charge in [-0.05, 0) is 37.9 Å². The summed E-state index contributed by atoms with van der Waals surface area (Å²) >= 11 is 6.19. The minimum absolute atomic E-state index is 0. The van der Waals surface area contributed by atoms with Crippen LogP contribution in [0.4, 0.5) is 0 Å². The van der Waals surface area contributed by atoms with Gasteiger partial charge in [0.05, 0.1) is 6.04 Å². The van der Waals surface area contributed by atoms with Crippen LogP contribution < -0.4 is 5.32 Å². The summed E-state index contributed by atoms with van der Waals surface area (Å²) in [6.45, 7) is 3.04. The molecule has 1 heterocycles. The van der Waals surface area contributed by atoms with Crippen molar-refractivity contribution in [2.24, 2.45) is 0 Å². The minimum atomic E-state index is 0. The van der Waals surface area contributed by atoms with Crippen molar-refractivity contribution < 1.29 is 4.79 Å². The first-order valence-corrected chi connectivity index (χ1v) is 7.21. The van der Waals surface area contributed by atoms with Gasteiger partial charge in [-0.15, -0.1) is 12.4 Å². The number of carbonyl (C=O) groups is 1. The highest BCUT2D eigenvalue weighted by molar-refractivity contribution is 6.31. The van der Waals surface area contributed by atoms with E-state index in [-0.39, 0.29) is 24.4 Å². The zero-order valence-corrected chi connectivity index (χ0v) is 13.5. The van der Waals surface area contributed by atoms with Crippen molar-refractivity contribution in [1.29, 1.82) is 0 Å². The van der Waals surface area contributed by atoms with E-state index >= 15 is 0 Å². The fourth-order valence-electron chi connectivity index (χ4n) is 2.52. The van der Waals surface area contributed by atoms with Gasteiger partial charge in [-0.3, -0.25) is 4.79 Å². The van der Waals surface area contributed by atoms with E-state index in [0.717, 1.165) is 18.5 Å². The number of benzene rings is 1. The highest BCUT2D eigenvalue weighted by Crippen LogP contribution is 2.27. The third-order valence-electron chi connectivity index (χ3n) is 3.91. The summed E-state index contributed by atoms with van der Waals surface area (Å²) in [6, 6.07) is 8.04. The van der Waals surface area contributed by atoms with Gasteiger partial charge in [-0.25, -0.2) is 0 Å². The molecule has 5 heteroatoms. The molecule has 1 aromatic carbocycles. The Labute approximate surface area is 132 Å². The number of carbonyl (C=O) groups excluding carboxylic acids is 1. The zero-order valence-electron chi connectivity index (χ0n) is 11.9. The van der Waals surface area contributed by atoms with Crippen LogP contribution in [0.25, 0.3) is 0 Å². The number of hydrogen-bond acceptors (Lipinski definition) is 2. The van der Waals surface area contributed by atoms with Crippen molar-refractivity contribution in [1.82, 2.24) is 10.2 Å². The molecule has 20 heavy (non-hydrogen) atoms. The first-order valence-electron chi connectivity index (χ1n) is 6.83. The Balaban J connectivity index is 0.00000200. The predicted molar refractivity (Wildman–Crippen MR) is 85.5 cm³/mol. The lowest BCUT2D eigenvalue weighted by Gasteiger charge is -2.27. The number of amides is 1. The molecule has 0 bridgehead atoms. The van der Waals surface area contributed by atoms with Crippen LogP contribution in [-0.4, -0.2) is 30.4 Å². The van der Waals surface area contributed by atoms with Crippen molar-refractivity contribution in [2.45, 2.75) is 38.3 Å². The second-order valence-corrected chi connectivity index (χ2v) is 5.61. The van der Waals surface area contributed by atoms with Gasteiger partial charge in [0.25, 0.3) is 0 Å². The minimum Gasteiger partial charge on any atom is -0.339 e. The van der Waals surface area contributed by atoms with E-state index in [4.69, 9.17) is 11.6 Å². The molecule has 3 nitrogen and oxygen atoms in total. The fourth-order valence-corrected chi connectivity index (χ4v) is 2.82. The molecule has 112 valence electrons. The molecular formula is C15H22Cl2N2O. The maximum atomic E-state index is 12.3. The molecular weight excluding hydrogens is 295 g/mol. The number of rotatable bonds is 4. The molecule has 2 atom stereocenters. The van der Waals surface area contributed by atoms with Gasteiger partial charge in [0.1, 0.15) is 0 Å². The average molecular weight is 317 g/mol. The largest absolute Gasteiger partial charge is 0.339 e. The highest BCUT2D eigenvalue weighted by atomic mass is 35.5. The van der Waals surface area contributed by atoms with Crippen molar-refractivity contribution in [3.05, 3.63) is 34.9 Å². The smallest absolute Gasteiger partial charge is 0.224 e. The monoisotopic (exact) mass is 316 g/mol. The second kappa shape index (κ2) is 7.87. The number of halogens is 2. The first-order chi connectivity index (χ1) is 9.09. The maximum absolute atomic E-state index is 12.3. The average Bonchev–Trinajstić information content (AvgIpc) is 2.90. The Morgan fingerprint density at radius 3 is 2.80 bits per heavy atom. The van der Waals surface area contributed by atoms with E-state index in [1.165, 1.54) is 6.42 Å². The van der Waals surface area contributed by atoms with E-state index < -0.39 is 0 Å². The van der Waals surface area contributed by atoms with E-state index in [2.05, 4.69) is 5.32 Å². The Morgan fingerprint density at radius 2 is 2.20 bits per heavy atom. The second-order valence-electron chi connectivity index (χ2n) is 5.20. The van der Waals surface area contributed by atoms with Crippen LogP contribution >= 0.6 is 24.0 Å². The maximum Gasteiger partial charge on any atom is 0.224 e. The van der Waals surface area contributed by atoms with Crippen molar-refractivity contribution in [2.75, 3.05) is 13.6 Å². The first kappa shape index (κ1) is 17.3. The zero-order chi connectivity index (χ0) is 13.8. The molecule has 1 saturated heterocycles. The summed E-state index contributed by atoms with van der Waals surface area (Å²) < 4.78 is 0. The lowest BCUT2D eigenvalue weighted by Crippen LogP contribution is -2.35. The molecule has 1 aliphatic heterocycles. The fraction of sp³-hybridized carbons (Fsp3) is 0.533. The SMILES string of the molecule is CC(c1ccccc1Cl)N(C)C(=O)CC1CCCN1.Cl. The summed E-state index contributed by atoms with van der Waals surface area (Å²) in [5, 5.41) is 4.08. The molecule has 1 N–H and O–H groups in total. The van der Waals surface area contributed by atoms with Crippen LogP contribution in [0.2, 0.25) is 5.02 Å². The molecule has 2 unspecified atom stereocenters. The molecule has 0 saturated carbocycles. The number of nitrogens with zero attached hydrogens (tertiary/aromatic N) is 1. The Morgan fingerprint density at radius 1 is 1.50 bits per heavy atom. The van der Waals surface area contributed by atoms with Gasteiger partial charge in [-0.2, -0.15) is 0 Å². The standard InChI is InChI=1S/C15H21ClN2O.ClH/c1-11(13-7-3-4-8-14(13)16)18(2)15(19)10-12-6-5-9-17-12;/h3-4,7-8,11-12,17H,5-6,9-10H2,1-2H3;1H. The van der Waals surface area contributed by atoms with E-state index in [9.17, 15) is 4.79 Å². The van der Waals surface area contributed by atoms with Crippen molar-refractivity contribution in [3.63, 3.8) is 0 Å². The number of nitrogens with one attached hydrogen (secondary N) is 1. The summed E-state index contributed by atoms with van der Waals surface area (Å²) in [7, 11) is 1.85. The lowest BCUT2D eigenvalue weighted by atomic mass is 10.1. The third kappa shape index (κ3) is 4.11. The molecule has 1 fully saturated rings. The van der Waals surface area contributed by atoms with Gasteiger partial charge in [0.15, 0.2) is 0 Å². The molecule has 0 spiro atoms. The molecule has 0 aromatic heterocycles. The van der Waals surface area contributed by atoms with Crippen molar-refractivity contribution in [3.8, 4) is 0 Å². The van der Waals surface area contributed by atoms with Crippen LogP contribution in [0.5, 0.6) is 0 Å². The Kier molecular flexibility index (Phi) is 6.80. The predicted octanol–water partition coefficient (Wildman–Crippen LogP) is 3.42. The Bertz CT molecular complexity index is 447. The quantitative estimate of drug-likeness (QED) is 0.923. The van der Waals surface area contributed by atoms with Crippen molar-refractivity contribution >= 4 is 29.9 Å². The molecule has 0 aliphatic carbocycles. The normalized spacial score (nSPS) is 19.2. The van der Waals surface area contributed by atoms with Gasteiger partial charge < -0.3 is 10.2 Å². The van der Waals surface area contributed by atoms with E-state index in [0.29, 0.717) is 17.5 Å². The van der Waals surface area contributed by atoms with Gasteiger partial charge in [-0.1, -0.05) is 29.8 Å². The van der Waals surface area contributed by atoms with E-state index in [1.807, 2.05) is 38.2 Å². The van der Waals surface area contributed by atoms with Crippen LogP contribution in [0.15, 0.2) is 24.3 Å². The van der Waals surface area contributed by atoms with Gasteiger partial charge in [0, 0.05) is 24.5 Å². The van der Waals surface area contributed by atoms with E-state index in [1.54, 1.807) is 4.90 Å². The van der Waals surface area contributed by atoms with Gasteiger partial charge in [0.2, 0.25) is 5.91 Å². The van der Waals surface area contributed by atoms with Gasteiger partial charge >= 0.3 is 0 Å². The van der Waals surface area contributed by atoms with Crippen LogP contribution in [-0.2, 0) is 4.79 Å². The van der Waals surface area contributed by atoms with Crippen LogP contribution in [0.1, 0.15) is 37.8 Å². The number of hydrogen-bond donors (Lipinski definition) is 1. The summed E-state index contributed by atoms with van der Waals surface area (Å²) in [5.74, 6) is 0.173. The molecule has 0 radical (unpaired) electrons. The highest BCUT2D eigenvalue weighted by Gasteiger charge is 2.23. The Hall–Kier alpha value is -0.770. The third-order valence-corrected chi connectivity index (χ3v) is 4.26.